The third-order valence-corrected chi connectivity index (χ3v) is 3.99. The number of carbonyl (C=O) groups is 2. The van der Waals surface area contributed by atoms with Crippen LogP contribution in [-0.4, -0.2) is 23.9 Å². The number of anilines is 1. The first-order valence-electron chi connectivity index (χ1n) is 7.58. The number of amides is 2. The molecule has 26 heavy (non-hydrogen) atoms. The monoisotopic (exact) mass is 370 g/mol. The molecule has 0 unspecified atom stereocenters. The fraction of sp³-hybridized carbons (Fsp3) is 0.0556. The highest BCUT2D eigenvalue weighted by molar-refractivity contribution is 6.31. The van der Waals surface area contributed by atoms with Crippen molar-refractivity contribution in [2.45, 2.75) is 0 Å². The zero-order valence-electron chi connectivity index (χ0n) is 13.7. The van der Waals surface area contributed by atoms with Gasteiger partial charge in [0.05, 0.1) is 23.9 Å². The molecule has 2 amide bonds. The molecule has 3 aromatic rings. The number of pyridine rings is 1. The molecule has 0 saturated carbocycles. The van der Waals surface area contributed by atoms with Crippen LogP contribution in [0.2, 0.25) is 5.02 Å². The summed E-state index contributed by atoms with van der Waals surface area (Å²) in [4.78, 5) is 28.6. The Bertz CT molecular complexity index is 990. The molecule has 0 saturated heterocycles. The maximum absolute atomic E-state index is 12.3. The molecule has 132 valence electrons. The number of nitrogen functional groups attached to an aromatic ring is 1. The Hall–Kier alpha value is -3.32. The first-order valence-corrected chi connectivity index (χ1v) is 7.96. The number of hydrogen-bond donors (Lipinski definition) is 3. The van der Waals surface area contributed by atoms with Gasteiger partial charge in [-0.25, -0.2) is 0 Å². The Balaban J connectivity index is 1.74. The number of halogens is 1. The van der Waals surface area contributed by atoms with Gasteiger partial charge in [0, 0.05) is 22.2 Å². The van der Waals surface area contributed by atoms with Crippen LogP contribution in [0.4, 0.5) is 5.69 Å². The van der Waals surface area contributed by atoms with Gasteiger partial charge in [-0.05, 0) is 42.5 Å². The number of hydrazine groups is 1. The van der Waals surface area contributed by atoms with E-state index in [0.29, 0.717) is 27.2 Å². The van der Waals surface area contributed by atoms with Gasteiger partial charge in [-0.2, -0.15) is 0 Å². The highest BCUT2D eigenvalue weighted by Crippen LogP contribution is 2.25. The third-order valence-electron chi connectivity index (χ3n) is 3.76. The summed E-state index contributed by atoms with van der Waals surface area (Å²) >= 11 is 5.96. The largest absolute Gasteiger partial charge is 0.497 e. The number of ether oxygens (including phenoxy) is 1. The van der Waals surface area contributed by atoms with E-state index in [4.69, 9.17) is 22.1 Å². The Morgan fingerprint density at radius 3 is 2.46 bits per heavy atom. The number of methoxy groups -OCH3 is 1. The number of fused-ring (bicyclic) bond motifs is 1. The molecule has 7 nitrogen and oxygen atoms in total. The summed E-state index contributed by atoms with van der Waals surface area (Å²) in [6, 6.07) is 11.5. The zero-order chi connectivity index (χ0) is 18.7. The molecule has 0 spiro atoms. The van der Waals surface area contributed by atoms with Crippen molar-refractivity contribution in [2.24, 2.45) is 0 Å². The lowest BCUT2D eigenvalue weighted by atomic mass is 10.1. The normalized spacial score (nSPS) is 10.4. The van der Waals surface area contributed by atoms with Crippen molar-refractivity contribution in [1.82, 2.24) is 15.8 Å². The number of nitrogens with zero attached hydrogens (tertiary/aromatic N) is 1. The van der Waals surface area contributed by atoms with Crippen LogP contribution in [0.5, 0.6) is 5.75 Å². The molecule has 1 aromatic heterocycles. The van der Waals surface area contributed by atoms with Crippen molar-refractivity contribution in [2.75, 3.05) is 12.8 Å². The number of benzene rings is 2. The smallest absolute Gasteiger partial charge is 0.273 e. The SMILES string of the molecule is COc1ccc(C(=O)NNC(=O)c2cnc3ccc(Cl)cc3c2N)cc1. The van der Waals surface area contributed by atoms with Crippen LogP contribution in [0.3, 0.4) is 0 Å². The molecule has 0 radical (unpaired) electrons. The average Bonchev–Trinajstić information content (AvgIpc) is 2.66. The quantitative estimate of drug-likeness (QED) is 0.614. The van der Waals surface area contributed by atoms with E-state index in [1.165, 1.54) is 13.3 Å². The number of aromatic nitrogens is 1. The van der Waals surface area contributed by atoms with E-state index in [0.717, 1.165) is 0 Å². The third kappa shape index (κ3) is 3.52. The molecule has 0 aliphatic rings. The van der Waals surface area contributed by atoms with Crippen LogP contribution in [0.25, 0.3) is 10.9 Å². The molecule has 8 heteroatoms. The second-order valence-corrected chi connectivity index (χ2v) is 5.82. The van der Waals surface area contributed by atoms with Crippen molar-refractivity contribution in [3.05, 3.63) is 64.8 Å². The summed E-state index contributed by atoms with van der Waals surface area (Å²) in [6.45, 7) is 0. The molecule has 1 heterocycles. The second-order valence-electron chi connectivity index (χ2n) is 5.38. The van der Waals surface area contributed by atoms with Crippen LogP contribution in [0, 0.1) is 0 Å². The van der Waals surface area contributed by atoms with Crippen LogP contribution >= 0.6 is 11.6 Å². The number of nitrogens with one attached hydrogen (secondary N) is 2. The molecule has 0 aliphatic carbocycles. The van der Waals surface area contributed by atoms with E-state index in [2.05, 4.69) is 15.8 Å². The highest BCUT2D eigenvalue weighted by Gasteiger charge is 2.15. The van der Waals surface area contributed by atoms with Crippen LogP contribution < -0.4 is 21.3 Å². The first kappa shape index (κ1) is 17.5. The standard InChI is InChI=1S/C18H15ClN4O3/c1-26-12-5-2-10(3-6-12)17(24)22-23-18(25)14-9-21-15-7-4-11(19)8-13(15)16(14)20/h2-9H,1H3,(H2,20,21)(H,22,24)(H,23,25). The van der Waals surface area contributed by atoms with Crippen molar-refractivity contribution >= 4 is 40.0 Å². The maximum atomic E-state index is 12.3. The van der Waals surface area contributed by atoms with Crippen LogP contribution in [0.15, 0.2) is 48.7 Å². The van der Waals surface area contributed by atoms with Crippen molar-refractivity contribution in [3.63, 3.8) is 0 Å². The van der Waals surface area contributed by atoms with E-state index < -0.39 is 11.8 Å². The lowest BCUT2D eigenvalue weighted by Crippen LogP contribution is -2.41. The predicted octanol–water partition coefficient (Wildman–Crippen LogP) is 2.55. The molecule has 4 N–H and O–H groups in total. The summed E-state index contributed by atoms with van der Waals surface area (Å²) in [5, 5.41) is 1.04. The van der Waals surface area contributed by atoms with Gasteiger partial charge in [0.1, 0.15) is 5.75 Å². The van der Waals surface area contributed by atoms with Gasteiger partial charge in [0.2, 0.25) is 0 Å². The minimum absolute atomic E-state index is 0.134. The molecular weight excluding hydrogens is 356 g/mol. The van der Waals surface area contributed by atoms with Gasteiger partial charge in [0.15, 0.2) is 0 Å². The minimum atomic E-state index is -0.585. The summed E-state index contributed by atoms with van der Waals surface area (Å²) in [7, 11) is 1.53. The molecule has 3 rings (SSSR count). The summed E-state index contributed by atoms with van der Waals surface area (Å²) in [5.41, 5.74) is 12.1. The van der Waals surface area contributed by atoms with Gasteiger partial charge >= 0.3 is 0 Å². The fourth-order valence-corrected chi connectivity index (χ4v) is 2.53. The van der Waals surface area contributed by atoms with E-state index in [1.807, 2.05) is 0 Å². The Morgan fingerprint density at radius 1 is 1.08 bits per heavy atom. The van der Waals surface area contributed by atoms with Gasteiger partial charge in [-0.15, -0.1) is 0 Å². The Kier molecular flexibility index (Phi) is 4.90. The summed E-state index contributed by atoms with van der Waals surface area (Å²) in [6.07, 6.45) is 1.35. The van der Waals surface area contributed by atoms with E-state index in [1.54, 1.807) is 42.5 Å². The van der Waals surface area contributed by atoms with Crippen LogP contribution in [-0.2, 0) is 0 Å². The topological polar surface area (TPSA) is 106 Å². The average molecular weight is 371 g/mol. The Labute approximate surface area is 154 Å². The maximum Gasteiger partial charge on any atom is 0.273 e. The van der Waals surface area contributed by atoms with Crippen LogP contribution in [0.1, 0.15) is 20.7 Å². The van der Waals surface area contributed by atoms with Gasteiger partial charge in [-0.1, -0.05) is 11.6 Å². The molecule has 0 bridgehead atoms. The van der Waals surface area contributed by atoms with E-state index >= 15 is 0 Å². The minimum Gasteiger partial charge on any atom is -0.497 e. The van der Waals surface area contributed by atoms with Gasteiger partial charge < -0.3 is 10.5 Å². The summed E-state index contributed by atoms with van der Waals surface area (Å²) < 4.78 is 5.03. The first-order chi connectivity index (χ1) is 12.5. The molecule has 0 atom stereocenters. The van der Waals surface area contributed by atoms with Crippen molar-refractivity contribution < 1.29 is 14.3 Å². The number of nitrogens with two attached hydrogens (primary N) is 1. The van der Waals surface area contributed by atoms with Crippen molar-refractivity contribution in [1.29, 1.82) is 0 Å². The predicted molar refractivity (Wildman–Crippen MR) is 99.1 cm³/mol. The molecule has 0 fully saturated rings. The fourth-order valence-electron chi connectivity index (χ4n) is 2.36. The molecular formula is C18H15ClN4O3. The second kappa shape index (κ2) is 7.28. The molecule has 0 aliphatic heterocycles. The van der Waals surface area contributed by atoms with Crippen molar-refractivity contribution in [3.8, 4) is 5.75 Å². The number of hydrogen-bond acceptors (Lipinski definition) is 5. The number of carbonyl (C=O) groups excluding carboxylic acids is 2. The number of rotatable bonds is 3. The highest BCUT2D eigenvalue weighted by atomic mass is 35.5. The Morgan fingerprint density at radius 2 is 1.77 bits per heavy atom. The van der Waals surface area contributed by atoms with Gasteiger partial charge in [-0.3, -0.25) is 25.4 Å². The van der Waals surface area contributed by atoms with E-state index in [-0.39, 0.29) is 11.3 Å². The lowest BCUT2D eigenvalue weighted by Gasteiger charge is -2.11. The van der Waals surface area contributed by atoms with Gasteiger partial charge in [0.25, 0.3) is 11.8 Å². The molecule has 2 aromatic carbocycles. The zero-order valence-corrected chi connectivity index (χ0v) is 14.5. The van der Waals surface area contributed by atoms with E-state index in [9.17, 15) is 9.59 Å². The summed E-state index contributed by atoms with van der Waals surface area (Å²) in [5.74, 6) is -0.436. The lowest BCUT2D eigenvalue weighted by molar-refractivity contribution is 0.0847.